The van der Waals surface area contributed by atoms with Crippen LogP contribution in [0, 0.1) is 0 Å². The van der Waals surface area contributed by atoms with Crippen molar-refractivity contribution < 1.29 is 18.3 Å². The predicted molar refractivity (Wildman–Crippen MR) is 81.8 cm³/mol. The van der Waals surface area contributed by atoms with E-state index in [1.165, 1.54) is 17.5 Å². The van der Waals surface area contributed by atoms with Gasteiger partial charge in [-0.3, -0.25) is 0 Å². The highest BCUT2D eigenvalue weighted by molar-refractivity contribution is 9.10. The molecule has 0 saturated carbocycles. The van der Waals surface area contributed by atoms with Crippen molar-refractivity contribution in [3.63, 3.8) is 0 Å². The molecule has 114 valence electrons. The number of methoxy groups -OCH3 is 1. The van der Waals surface area contributed by atoms with Crippen LogP contribution in [0.4, 0.5) is 0 Å². The van der Waals surface area contributed by atoms with Crippen LogP contribution in [0.2, 0.25) is 5.02 Å². The first-order chi connectivity index (χ1) is 9.25. The summed E-state index contributed by atoms with van der Waals surface area (Å²) in [5.41, 5.74) is 0. The highest BCUT2D eigenvalue weighted by atomic mass is 79.9. The number of sulfonamides is 1. The lowest BCUT2D eigenvalue weighted by atomic mass is 10.3. The van der Waals surface area contributed by atoms with E-state index in [9.17, 15) is 8.42 Å². The summed E-state index contributed by atoms with van der Waals surface area (Å²) in [6.07, 6.45) is 0. The van der Waals surface area contributed by atoms with Gasteiger partial charge in [0, 0.05) is 17.6 Å². The second-order valence-corrected chi connectivity index (χ2v) is 7.50. The molecule has 0 aromatic heterocycles. The Morgan fingerprint density at radius 1 is 1.45 bits per heavy atom. The molecule has 0 spiro atoms. The van der Waals surface area contributed by atoms with E-state index in [1.807, 2.05) is 0 Å². The molecule has 1 aromatic carbocycles. The molecule has 0 bridgehead atoms. The molecule has 0 saturated heterocycles. The molecule has 5 nitrogen and oxygen atoms in total. The Balaban J connectivity index is 3.48. The van der Waals surface area contributed by atoms with Crippen LogP contribution in [0.3, 0.4) is 0 Å². The molecule has 0 radical (unpaired) electrons. The lowest BCUT2D eigenvalue weighted by molar-refractivity contribution is 0.236. The van der Waals surface area contributed by atoms with Crippen molar-refractivity contribution in [2.45, 2.75) is 24.8 Å². The molecule has 0 aliphatic carbocycles. The van der Waals surface area contributed by atoms with Crippen LogP contribution in [0.15, 0.2) is 21.5 Å². The summed E-state index contributed by atoms with van der Waals surface area (Å²) in [5, 5.41) is 9.34. The Kier molecular flexibility index (Phi) is 6.27. The zero-order chi connectivity index (χ0) is 15.5. The van der Waals surface area contributed by atoms with Crippen molar-refractivity contribution in [2.24, 2.45) is 0 Å². The number of hydrogen-bond acceptors (Lipinski definition) is 4. The van der Waals surface area contributed by atoms with Crippen LogP contribution in [-0.2, 0) is 10.0 Å². The minimum Gasteiger partial charge on any atom is -0.494 e. The van der Waals surface area contributed by atoms with Crippen molar-refractivity contribution in [3.8, 4) is 5.75 Å². The minimum absolute atomic E-state index is 0.00723. The van der Waals surface area contributed by atoms with Gasteiger partial charge in [-0.25, -0.2) is 8.42 Å². The van der Waals surface area contributed by atoms with E-state index in [1.54, 1.807) is 19.9 Å². The molecule has 0 atom stereocenters. The molecule has 8 heteroatoms. The predicted octanol–water partition coefficient (Wildman–Crippen LogP) is 2.50. The van der Waals surface area contributed by atoms with E-state index in [-0.39, 0.29) is 34.9 Å². The fraction of sp³-hybridized carbons (Fsp3) is 0.500. The Bertz CT molecular complexity index is 577. The zero-order valence-electron chi connectivity index (χ0n) is 11.4. The number of benzene rings is 1. The molecule has 0 amide bonds. The highest BCUT2D eigenvalue weighted by Gasteiger charge is 2.30. The summed E-state index contributed by atoms with van der Waals surface area (Å²) in [6, 6.07) is 2.60. The summed E-state index contributed by atoms with van der Waals surface area (Å²) < 4.78 is 32.2. The molecule has 0 aliphatic heterocycles. The van der Waals surface area contributed by atoms with Gasteiger partial charge in [-0.1, -0.05) is 11.6 Å². The largest absolute Gasteiger partial charge is 0.494 e. The number of hydrogen-bond donors (Lipinski definition) is 1. The van der Waals surface area contributed by atoms with E-state index in [4.69, 9.17) is 21.4 Å². The SMILES string of the molecule is COc1c(Br)cc(Cl)cc1S(=O)(=O)N(CCO)C(C)C. The van der Waals surface area contributed by atoms with Gasteiger partial charge in [-0.2, -0.15) is 4.31 Å². The van der Waals surface area contributed by atoms with E-state index in [0.717, 1.165) is 0 Å². The smallest absolute Gasteiger partial charge is 0.247 e. The van der Waals surface area contributed by atoms with Gasteiger partial charge in [-0.15, -0.1) is 0 Å². The number of ether oxygens (including phenoxy) is 1. The normalized spacial score (nSPS) is 12.2. The van der Waals surface area contributed by atoms with Crippen LogP contribution in [0.5, 0.6) is 5.75 Å². The number of aliphatic hydroxyl groups is 1. The molecule has 0 unspecified atom stereocenters. The second-order valence-electron chi connectivity index (χ2n) is 4.35. The molecule has 0 fully saturated rings. The Morgan fingerprint density at radius 2 is 2.05 bits per heavy atom. The summed E-state index contributed by atoms with van der Waals surface area (Å²) in [7, 11) is -2.43. The molecule has 1 aromatic rings. The maximum atomic E-state index is 12.7. The fourth-order valence-corrected chi connectivity index (χ4v) is 4.81. The van der Waals surface area contributed by atoms with Crippen LogP contribution >= 0.6 is 27.5 Å². The van der Waals surface area contributed by atoms with Gasteiger partial charge in [0.15, 0.2) is 5.75 Å². The van der Waals surface area contributed by atoms with Crippen LogP contribution in [-0.4, -0.2) is 44.1 Å². The average Bonchev–Trinajstić information content (AvgIpc) is 2.34. The minimum atomic E-state index is -3.82. The molecule has 0 aliphatic rings. The first kappa shape index (κ1) is 17.7. The maximum Gasteiger partial charge on any atom is 0.247 e. The van der Waals surface area contributed by atoms with E-state index in [0.29, 0.717) is 4.47 Å². The number of halogens is 2. The average molecular weight is 387 g/mol. The van der Waals surface area contributed by atoms with E-state index < -0.39 is 10.0 Å². The summed E-state index contributed by atoms with van der Waals surface area (Å²) in [6.45, 7) is 3.22. The third-order valence-corrected chi connectivity index (χ3v) is 5.55. The van der Waals surface area contributed by atoms with Gasteiger partial charge < -0.3 is 9.84 Å². The first-order valence-corrected chi connectivity index (χ1v) is 8.52. The van der Waals surface area contributed by atoms with Gasteiger partial charge in [0.2, 0.25) is 10.0 Å². The molecular weight excluding hydrogens is 370 g/mol. The van der Waals surface area contributed by atoms with Crippen LogP contribution < -0.4 is 4.74 Å². The Morgan fingerprint density at radius 3 is 2.50 bits per heavy atom. The van der Waals surface area contributed by atoms with E-state index >= 15 is 0 Å². The fourth-order valence-electron chi connectivity index (χ4n) is 1.81. The molecule has 1 rings (SSSR count). The van der Waals surface area contributed by atoms with Crippen LogP contribution in [0.25, 0.3) is 0 Å². The topological polar surface area (TPSA) is 66.8 Å². The summed E-state index contributed by atoms with van der Waals surface area (Å²) in [4.78, 5) is -0.0264. The Labute approximate surface area is 132 Å². The lowest BCUT2D eigenvalue weighted by Crippen LogP contribution is -2.39. The van der Waals surface area contributed by atoms with Crippen molar-refractivity contribution >= 4 is 37.6 Å². The molecule has 1 N–H and O–H groups in total. The zero-order valence-corrected chi connectivity index (χ0v) is 14.6. The van der Waals surface area contributed by atoms with Crippen LogP contribution in [0.1, 0.15) is 13.8 Å². The third-order valence-electron chi connectivity index (χ3n) is 2.66. The molecule has 0 heterocycles. The summed E-state index contributed by atoms with van der Waals surface area (Å²) in [5.74, 6) is 0.193. The Hall–Kier alpha value is -0.340. The monoisotopic (exact) mass is 385 g/mol. The summed E-state index contributed by atoms with van der Waals surface area (Å²) >= 11 is 9.16. The lowest BCUT2D eigenvalue weighted by Gasteiger charge is -2.26. The van der Waals surface area contributed by atoms with E-state index in [2.05, 4.69) is 15.9 Å². The standard InChI is InChI=1S/C12H17BrClNO4S/c1-8(2)15(4-5-16)20(17,18)11-7-9(14)6-10(13)12(11)19-3/h6-8,16H,4-5H2,1-3H3. The first-order valence-electron chi connectivity index (χ1n) is 5.91. The van der Waals surface area contributed by atoms with Gasteiger partial charge >= 0.3 is 0 Å². The number of aliphatic hydroxyl groups excluding tert-OH is 1. The molecule has 20 heavy (non-hydrogen) atoms. The van der Waals surface area contributed by atoms with Gasteiger partial charge in [0.05, 0.1) is 18.2 Å². The van der Waals surface area contributed by atoms with Gasteiger partial charge in [0.25, 0.3) is 0 Å². The van der Waals surface area contributed by atoms with Crippen molar-refractivity contribution in [1.82, 2.24) is 4.31 Å². The number of nitrogens with zero attached hydrogens (tertiary/aromatic N) is 1. The van der Waals surface area contributed by atoms with Crippen molar-refractivity contribution in [2.75, 3.05) is 20.3 Å². The van der Waals surface area contributed by atoms with Gasteiger partial charge in [0.1, 0.15) is 4.90 Å². The van der Waals surface area contributed by atoms with Crippen molar-refractivity contribution in [1.29, 1.82) is 0 Å². The maximum absolute atomic E-state index is 12.7. The molecular formula is C12H17BrClNO4S. The quantitative estimate of drug-likeness (QED) is 0.816. The number of rotatable bonds is 6. The highest BCUT2D eigenvalue weighted by Crippen LogP contribution is 2.37. The second kappa shape index (κ2) is 7.09. The van der Waals surface area contributed by atoms with Crippen molar-refractivity contribution in [3.05, 3.63) is 21.6 Å². The van der Waals surface area contributed by atoms with Gasteiger partial charge in [-0.05, 0) is 41.9 Å². The third kappa shape index (κ3) is 3.65.